The van der Waals surface area contributed by atoms with Crippen LogP contribution in [0.2, 0.25) is 0 Å². The van der Waals surface area contributed by atoms with Crippen molar-refractivity contribution in [2.75, 3.05) is 0 Å². The van der Waals surface area contributed by atoms with E-state index in [0.717, 1.165) is 16.8 Å². The second-order valence-electron chi connectivity index (χ2n) is 4.30. The molecular weight excluding hydrogens is 242 g/mol. The van der Waals surface area contributed by atoms with E-state index in [4.69, 9.17) is 0 Å². The van der Waals surface area contributed by atoms with E-state index in [2.05, 4.69) is 0 Å². The van der Waals surface area contributed by atoms with Gasteiger partial charge in [0.05, 0.1) is 5.56 Å². The number of aromatic nitrogens is 1. The molecule has 0 bridgehead atoms. The van der Waals surface area contributed by atoms with Gasteiger partial charge < -0.3 is 10.2 Å². The summed E-state index contributed by atoms with van der Waals surface area (Å²) >= 11 is 0. The molecule has 0 radical (unpaired) electrons. The summed E-state index contributed by atoms with van der Waals surface area (Å²) in [7, 11) is 0. The first kappa shape index (κ1) is 11.3. The average molecular weight is 253 g/mol. The molecular formula is C15H11NO3. The zero-order valence-corrected chi connectivity index (χ0v) is 9.95. The van der Waals surface area contributed by atoms with Gasteiger partial charge in [0.15, 0.2) is 0 Å². The van der Waals surface area contributed by atoms with Crippen molar-refractivity contribution in [1.29, 1.82) is 0 Å². The quantitative estimate of drug-likeness (QED) is 0.701. The fourth-order valence-corrected chi connectivity index (χ4v) is 2.04. The highest BCUT2D eigenvalue weighted by Crippen LogP contribution is 2.24. The third-order valence-corrected chi connectivity index (χ3v) is 3.00. The van der Waals surface area contributed by atoms with Gasteiger partial charge in [-0.05, 0) is 22.9 Å². The zero-order chi connectivity index (χ0) is 13.4. The summed E-state index contributed by atoms with van der Waals surface area (Å²) in [6.45, 7) is 0. The highest BCUT2D eigenvalue weighted by atomic mass is 16.3. The largest absolute Gasteiger partial charge is 0.508 e. The maximum Gasteiger partial charge on any atom is 0.265 e. The Balaban J connectivity index is 2.08. The first-order valence-corrected chi connectivity index (χ1v) is 5.78. The molecule has 4 nitrogen and oxygen atoms in total. The fourth-order valence-electron chi connectivity index (χ4n) is 2.04. The number of hydrogen-bond acceptors (Lipinski definition) is 3. The van der Waals surface area contributed by atoms with Gasteiger partial charge in [-0.1, -0.05) is 24.3 Å². The van der Waals surface area contributed by atoms with Gasteiger partial charge in [-0.15, -0.1) is 0 Å². The highest BCUT2D eigenvalue weighted by molar-refractivity contribution is 6.01. The van der Waals surface area contributed by atoms with Crippen molar-refractivity contribution in [2.45, 2.75) is 0 Å². The predicted molar refractivity (Wildman–Crippen MR) is 71.4 cm³/mol. The molecule has 0 fully saturated rings. The Morgan fingerprint density at radius 2 is 1.58 bits per heavy atom. The molecule has 0 aliphatic carbocycles. The second-order valence-corrected chi connectivity index (χ2v) is 4.30. The molecule has 0 aliphatic heterocycles. The number of nitrogens with zero attached hydrogens (tertiary/aromatic N) is 1. The van der Waals surface area contributed by atoms with Crippen LogP contribution in [0.3, 0.4) is 0 Å². The van der Waals surface area contributed by atoms with Crippen LogP contribution in [0.15, 0.2) is 54.9 Å². The van der Waals surface area contributed by atoms with E-state index in [1.165, 1.54) is 16.7 Å². The minimum absolute atomic E-state index is 0.0771. The molecule has 0 spiro atoms. The summed E-state index contributed by atoms with van der Waals surface area (Å²) in [6.07, 6.45) is 3.42. The molecule has 3 aromatic rings. The molecule has 0 amide bonds. The summed E-state index contributed by atoms with van der Waals surface area (Å²) in [6, 6.07) is 11.5. The fraction of sp³-hybridized carbons (Fsp3) is 0. The SMILES string of the molecule is O=C(c1ccc(O)cc1O)n1cc2ccccc2c1. The summed E-state index contributed by atoms with van der Waals surface area (Å²) in [5.41, 5.74) is 0.151. The van der Waals surface area contributed by atoms with Gasteiger partial charge in [-0.2, -0.15) is 0 Å². The van der Waals surface area contributed by atoms with Crippen LogP contribution in [0.4, 0.5) is 0 Å². The van der Waals surface area contributed by atoms with Crippen LogP contribution in [0.1, 0.15) is 10.4 Å². The zero-order valence-electron chi connectivity index (χ0n) is 9.95. The number of carbonyl (C=O) groups is 1. The van der Waals surface area contributed by atoms with E-state index in [1.54, 1.807) is 12.4 Å². The molecule has 0 saturated heterocycles. The van der Waals surface area contributed by atoms with Crippen molar-refractivity contribution < 1.29 is 15.0 Å². The lowest BCUT2D eigenvalue weighted by Gasteiger charge is -2.04. The molecule has 2 N–H and O–H groups in total. The maximum absolute atomic E-state index is 12.3. The number of fused-ring (bicyclic) bond motifs is 1. The van der Waals surface area contributed by atoms with E-state index >= 15 is 0 Å². The number of phenols is 2. The lowest BCUT2D eigenvalue weighted by atomic mass is 10.2. The van der Waals surface area contributed by atoms with Crippen molar-refractivity contribution >= 4 is 16.7 Å². The van der Waals surface area contributed by atoms with E-state index < -0.39 is 0 Å². The maximum atomic E-state index is 12.3. The van der Waals surface area contributed by atoms with Gasteiger partial charge in [0.2, 0.25) is 0 Å². The summed E-state index contributed by atoms with van der Waals surface area (Å²) in [5, 5.41) is 20.8. The number of rotatable bonds is 1. The third kappa shape index (κ3) is 1.93. The summed E-state index contributed by atoms with van der Waals surface area (Å²) in [5.74, 6) is -0.650. The van der Waals surface area contributed by atoms with E-state index in [-0.39, 0.29) is 23.0 Å². The molecule has 1 heterocycles. The number of aromatic hydroxyl groups is 2. The molecule has 0 aliphatic rings. The van der Waals surface area contributed by atoms with Gasteiger partial charge in [0.25, 0.3) is 5.91 Å². The Bertz CT molecular complexity index is 741. The Morgan fingerprint density at radius 3 is 2.16 bits per heavy atom. The topological polar surface area (TPSA) is 62.5 Å². The molecule has 19 heavy (non-hydrogen) atoms. The molecule has 2 aromatic carbocycles. The minimum atomic E-state index is -0.339. The van der Waals surface area contributed by atoms with Crippen LogP contribution in [-0.2, 0) is 0 Å². The Morgan fingerprint density at radius 1 is 0.947 bits per heavy atom. The van der Waals surface area contributed by atoms with Gasteiger partial charge in [0, 0.05) is 18.5 Å². The van der Waals surface area contributed by atoms with Crippen molar-refractivity contribution in [3.63, 3.8) is 0 Å². The van der Waals surface area contributed by atoms with E-state index in [9.17, 15) is 15.0 Å². The van der Waals surface area contributed by atoms with Crippen LogP contribution in [-0.4, -0.2) is 20.7 Å². The molecule has 94 valence electrons. The highest BCUT2D eigenvalue weighted by Gasteiger charge is 2.14. The van der Waals surface area contributed by atoms with E-state index in [1.807, 2.05) is 24.3 Å². The predicted octanol–water partition coefficient (Wildman–Crippen LogP) is 2.74. The summed E-state index contributed by atoms with van der Waals surface area (Å²) < 4.78 is 1.43. The number of benzene rings is 2. The standard InChI is InChI=1S/C15H11NO3/c17-12-5-6-13(14(18)7-12)15(19)16-8-10-3-1-2-4-11(10)9-16/h1-9,17-18H. The number of phenolic OH excluding ortho intramolecular Hbond substituents is 2. The first-order valence-electron chi connectivity index (χ1n) is 5.78. The molecule has 0 saturated carbocycles. The molecule has 0 unspecified atom stereocenters. The van der Waals surface area contributed by atoms with Gasteiger partial charge in [0.1, 0.15) is 11.5 Å². The van der Waals surface area contributed by atoms with Crippen LogP contribution in [0.5, 0.6) is 11.5 Å². The smallest absolute Gasteiger partial charge is 0.265 e. The van der Waals surface area contributed by atoms with Crippen molar-refractivity contribution in [3.8, 4) is 11.5 Å². The van der Waals surface area contributed by atoms with Crippen molar-refractivity contribution in [1.82, 2.24) is 4.57 Å². The van der Waals surface area contributed by atoms with Gasteiger partial charge >= 0.3 is 0 Å². The van der Waals surface area contributed by atoms with Gasteiger partial charge in [-0.25, -0.2) is 0 Å². The summed E-state index contributed by atoms with van der Waals surface area (Å²) in [4.78, 5) is 12.3. The Hall–Kier alpha value is -2.75. The monoisotopic (exact) mass is 253 g/mol. The normalized spacial score (nSPS) is 10.7. The van der Waals surface area contributed by atoms with Crippen LogP contribution in [0, 0.1) is 0 Å². The molecule has 0 atom stereocenters. The Kier molecular flexibility index (Phi) is 2.49. The lowest BCUT2D eigenvalue weighted by Crippen LogP contribution is -2.09. The average Bonchev–Trinajstić information content (AvgIpc) is 2.81. The van der Waals surface area contributed by atoms with Crippen LogP contribution < -0.4 is 0 Å². The minimum Gasteiger partial charge on any atom is -0.508 e. The Labute approximate surface area is 109 Å². The van der Waals surface area contributed by atoms with Gasteiger partial charge in [-0.3, -0.25) is 9.36 Å². The first-order chi connectivity index (χ1) is 9.15. The second kappa shape index (κ2) is 4.17. The molecule has 3 rings (SSSR count). The number of carbonyl (C=O) groups excluding carboxylic acids is 1. The van der Waals surface area contributed by atoms with Crippen molar-refractivity contribution in [2.24, 2.45) is 0 Å². The van der Waals surface area contributed by atoms with Crippen LogP contribution in [0.25, 0.3) is 10.8 Å². The molecule has 1 aromatic heterocycles. The lowest BCUT2D eigenvalue weighted by molar-refractivity contribution is 0.0958. The van der Waals surface area contributed by atoms with Crippen molar-refractivity contribution in [3.05, 3.63) is 60.4 Å². The third-order valence-electron chi connectivity index (χ3n) is 3.00. The van der Waals surface area contributed by atoms with Crippen LogP contribution >= 0.6 is 0 Å². The molecule has 4 heteroatoms. The number of hydrogen-bond donors (Lipinski definition) is 2. The van der Waals surface area contributed by atoms with E-state index in [0.29, 0.717) is 0 Å².